The maximum absolute atomic E-state index is 2.22. The van der Waals surface area contributed by atoms with Crippen molar-refractivity contribution in [1.29, 1.82) is 0 Å². The van der Waals surface area contributed by atoms with Crippen molar-refractivity contribution >= 4 is 0 Å². The summed E-state index contributed by atoms with van der Waals surface area (Å²) in [5, 5.41) is 0. The zero-order chi connectivity index (χ0) is 22.8. The second kappa shape index (κ2) is 53.7. The van der Waals surface area contributed by atoms with Crippen LogP contribution < -0.4 is 19.6 Å². The molecule has 0 saturated carbocycles. The van der Waals surface area contributed by atoms with Crippen LogP contribution >= 0.6 is 0 Å². The Morgan fingerprint density at radius 1 is 0.242 bits per heavy atom. The van der Waals surface area contributed by atoms with Crippen LogP contribution in [0.3, 0.4) is 0 Å². The van der Waals surface area contributed by atoms with E-state index in [1.165, 1.54) is 78.5 Å². The van der Waals surface area contributed by atoms with Gasteiger partial charge in [-0.05, 0) is 83.1 Å². The van der Waals surface area contributed by atoms with E-state index in [-0.39, 0.29) is 43.6 Å². The first-order chi connectivity index (χ1) is 13.4. The minimum absolute atomic E-state index is 0. The van der Waals surface area contributed by atoms with Crippen LogP contribution in [0, 0.1) is 0 Å². The van der Waals surface area contributed by atoms with Crippen molar-refractivity contribution in [2.75, 3.05) is 78.5 Å². The molecular weight excluding hydrogens is 456 g/mol. The SMILES string of the molecule is CC[NH+](CC)CC.CC[NH+](CC)CC.CC[NH+](CC)CC.CC[NH+](CC)CC.[OH-].[OH-].[OH-].[OH-].[Ti]. The zero-order valence-electron chi connectivity index (χ0n) is 24.8. The summed E-state index contributed by atoms with van der Waals surface area (Å²) in [7, 11) is 0. The van der Waals surface area contributed by atoms with Crippen molar-refractivity contribution < 1.29 is 63.2 Å². The third kappa shape index (κ3) is 50.3. The predicted octanol–water partition coefficient (Wildman–Crippen LogP) is -0.986. The first-order valence-electron chi connectivity index (χ1n) is 12.7. The average molecular weight is 525 g/mol. The van der Waals surface area contributed by atoms with Gasteiger partial charge in [0, 0.05) is 21.7 Å². The molecule has 9 heteroatoms. The summed E-state index contributed by atoms with van der Waals surface area (Å²) in [6, 6.07) is 0. The van der Waals surface area contributed by atoms with Gasteiger partial charge in [0.05, 0.1) is 78.5 Å². The number of quaternary nitrogens is 4. The molecule has 0 amide bonds. The second-order valence-corrected chi connectivity index (χ2v) is 7.24. The van der Waals surface area contributed by atoms with Crippen LogP contribution in [0.25, 0.3) is 0 Å². The summed E-state index contributed by atoms with van der Waals surface area (Å²) < 4.78 is 0. The number of nitrogens with one attached hydrogen (secondary N) is 4. The summed E-state index contributed by atoms with van der Waals surface area (Å²) in [4.78, 5) is 6.72. The summed E-state index contributed by atoms with van der Waals surface area (Å²) in [6.45, 7) is 41.9. The van der Waals surface area contributed by atoms with Crippen LogP contribution in [0.15, 0.2) is 0 Å². The molecule has 0 radical (unpaired) electrons. The molecule has 0 aromatic heterocycles. The second-order valence-electron chi connectivity index (χ2n) is 7.24. The quantitative estimate of drug-likeness (QED) is 0.244. The van der Waals surface area contributed by atoms with E-state index >= 15 is 0 Å². The molecule has 0 fully saturated rings. The fraction of sp³-hybridized carbons (Fsp3) is 1.00. The normalized spacial score (nSPS) is 8.73. The molecule has 212 valence electrons. The van der Waals surface area contributed by atoms with Crippen LogP contribution in [0.4, 0.5) is 0 Å². The van der Waals surface area contributed by atoms with E-state index in [1.807, 2.05) is 0 Å². The third-order valence-electron chi connectivity index (χ3n) is 6.00. The first kappa shape index (κ1) is 58.9. The molecular formula is C24H68N4O4Ti. The van der Waals surface area contributed by atoms with Gasteiger partial charge in [0.25, 0.3) is 0 Å². The van der Waals surface area contributed by atoms with Gasteiger partial charge in [-0.2, -0.15) is 0 Å². The molecule has 0 rings (SSSR count). The van der Waals surface area contributed by atoms with Gasteiger partial charge < -0.3 is 41.5 Å². The Hall–Kier alpha value is 0.394. The van der Waals surface area contributed by atoms with Crippen LogP contribution in [0.1, 0.15) is 83.1 Å². The van der Waals surface area contributed by atoms with Gasteiger partial charge in [0.15, 0.2) is 0 Å². The summed E-state index contributed by atoms with van der Waals surface area (Å²) in [6.07, 6.45) is 0. The monoisotopic (exact) mass is 524 g/mol. The van der Waals surface area contributed by atoms with Gasteiger partial charge in [-0.1, -0.05) is 0 Å². The smallest absolute Gasteiger partial charge is 0.0742 e. The molecule has 8 nitrogen and oxygen atoms in total. The molecule has 0 atom stereocenters. The molecule has 0 aliphatic rings. The van der Waals surface area contributed by atoms with Crippen LogP contribution in [-0.4, -0.2) is 100 Å². The molecule has 0 saturated heterocycles. The molecule has 0 spiro atoms. The standard InChI is InChI=1S/4C6H15N.4H2O.Ti/c4*1-4-7(5-2)6-3;;;;;/h4*4-6H2,1-3H3;4*1H2;. The Bertz CT molecular complexity index is 174. The molecule has 0 aromatic carbocycles. The van der Waals surface area contributed by atoms with Crippen molar-refractivity contribution in [2.45, 2.75) is 83.1 Å². The van der Waals surface area contributed by atoms with Crippen LogP contribution in [0.2, 0.25) is 0 Å². The van der Waals surface area contributed by atoms with Gasteiger partial charge in [-0.3, -0.25) is 0 Å². The van der Waals surface area contributed by atoms with E-state index in [0.29, 0.717) is 0 Å². The Kier molecular flexibility index (Phi) is 95.7. The number of rotatable bonds is 12. The predicted molar refractivity (Wildman–Crippen MR) is 138 cm³/mol. The fourth-order valence-corrected chi connectivity index (χ4v) is 3.00. The van der Waals surface area contributed by atoms with Gasteiger partial charge in [0.2, 0.25) is 0 Å². The van der Waals surface area contributed by atoms with Crippen molar-refractivity contribution in [3.05, 3.63) is 0 Å². The Balaban J connectivity index is -0.0000000316. The summed E-state index contributed by atoms with van der Waals surface area (Å²) >= 11 is 0. The molecule has 0 unspecified atom stereocenters. The van der Waals surface area contributed by atoms with E-state index < -0.39 is 0 Å². The van der Waals surface area contributed by atoms with Crippen LogP contribution in [-0.2, 0) is 21.7 Å². The maximum Gasteiger partial charge on any atom is 0.0742 e. The molecule has 33 heavy (non-hydrogen) atoms. The van der Waals surface area contributed by atoms with Crippen molar-refractivity contribution in [3.8, 4) is 0 Å². The van der Waals surface area contributed by atoms with Gasteiger partial charge in [0.1, 0.15) is 0 Å². The fourth-order valence-electron chi connectivity index (χ4n) is 3.00. The molecule has 0 aliphatic heterocycles. The minimum atomic E-state index is 0. The Morgan fingerprint density at radius 2 is 0.303 bits per heavy atom. The van der Waals surface area contributed by atoms with E-state index in [2.05, 4.69) is 83.1 Å². The largest absolute Gasteiger partial charge is 0.870 e. The topological polar surface area (TPSA) is 138 Å². The zero-order valence-corrected chi connectivity index (χ0v) is 26.3. The maximum atomic E-state index is 2.22. The van der Waals surface area contributed by atoms with Crippen molar-refractivity contribution in [1.82, 2.24) is 0 Å². The molecule has 8 N–H and O–H groups in total. The van der Waals surface area contributed by atoms with Crippen LogP contribution in [0.5, 0.6) is 0 Å². The molecule has 0 bridgehead atoms. The van der Waals surface area contributed by atoms with E-state index in [0.717, 1.165) is 0 Å². The number of hydrogen-bond donors (Lipinski definition) is 4. The van der Waals surface area contributed by atoms with E-state index in [9.17, 15) is 0 Å². The van der Waals surface area contributed by atoms with Crippen molar-refractivity contribution in [2.24, 2.45) is 0 Å². The average Bonchev–Trinajstić information content (AvgIpc) is 2.75. The Morgan fingerprint density at radius 3 is 0.303 bits per heavy atom. The summed E-state index contributed by atoms with van der Waals surface area (Å²) in [5.74, 6) is 0. The van der Waals surface area contributed by atoms with E-state index in [4.69, 9.17) is 0 Å². The molecule has 0 aliphatic carbocycles. The molecule has 0 aromatic rings. The van der Waals surface area contributed by atoms with Crippen molar-refractivity contribution in [3.63, 3.8) is 0 Å². The third-order valence-corrected chi connectivity index (χ3v) is 6.00. The number of hydrogen-bond acceptors (Lipinski definition) is 4. The minimum Gasteiger partial charge on any atom is -0.870 e. The summed E-state index contributed by atoms with van der Waals surface area (Å²) in [5.41, 5.74) is 0. The molecule has 0 heterocycles. The van der Waals surface area contributed by atoms with Gasteiger partial charge >= 0.3 is 0 Å². The Labute approximate surface area is 224 Å². The first-order valence-corrected chi connectivity index (χ1v) is 12.7. The van der Waals surface area contributed by atoms with Gasteiger partial charge in [-0.25, -0.2) is 0 Å². The van der Waals surface area contributed by atoms with E-state index in [1.54, 1.807) is 19.6 Å². The van der Waals surface area contributed by atoms with Gasteiger partial charge in [-0.15, -0.1) is 0 Å².